The van der Waals surface area contributed by atoms with Crippen molar-refractivity contribution in [2.24, 2.45) is 11.7 Å². The Bertz CT molecular complexity index is 1060. The lowest BCUT2D eigenvalue weighted by Crippen LogP contribution is -2.51. The molecule has 2 fully saturated rings. The van der Waals surface area contributed by atoms with Gasteiger partial charge in [0, 0.05) is 44.1 Å². The summed E-state index contributed by atoms with van der Waals surface area (Å²) in [6.45, 7) is 7.27. The summed E-state index contributed by atoms with van der Waals surface area (Å²) < 4.78 is 2.02. The fraction of sp³-hybridized carbons (Fsp3) is 0.519. The molecule has 3 N–H and O–H groups in total. The molecule has 0 atom stereocenters. The van der Waals surface area contributed by atoms with Gasteiger partial charge < -0.3 is 20.5 Å². The summed E-state index contributed by atoms with van der Waals surface area (Å²) in [6.07, 6.45) is 6.03. The number of benzene rings is 1. The van der Waals surface area contributed by atoms with Crippen LogP contribution in [0, 0.1) is 19.8 Å². The van der Waals surface area contributed by atoms with Crippen LogP contribution in [0.4, 0.5) is 10.5 Å². The number of aryl methyl sites for hydroxylation is 1. The predicted octanol–water partition coefficient (Wildman–Crippen LogP) is 3.82. The van der Waals surface area contributed by atoms with Crippen LogP contribution in [0.1, 0.15) is 64.2 Å². The van der Waals surface area contributed by atoms with Gasteiger partial charge in [-0.2, -0.15) is 0 Å². The molecule has 0 spiro atoms. The van der Waals surface area contributed by atoms with Gasteiger partial charge in [0.2, 0.25) is 0 Å². The Labute approximate surface area is 207 Å². The number of nitrogens with zero attached hydrogens (tertiary/aromatic N) is 3. The van der Waals surface area contributed by atoms with E-state index >= 15 is 0 Å². The largest absolute Gasteiger partial charge is 0.366 e. The van der Waals surface area contributed by atoms with Crippen LogP contribution in [-0.4, -0.2) is 64.8 Å². The zero-order valence-corrected chi connectivity index (χ0v) is 20.9. The molecule has 8 nitrogen and oxygen atoms in total. The molecule has 2 aliphatic rings. The number of amides is 3. The topological polar surface area (TPSA) is 101 Å². The Morgan fingerprint density at radius 1 is 0.971 bits per heavy atom. The van der Waals surface area contributed by atoms with Crippen molar-refractivity contribution in [3.05, 3.63) is 52.8 Å². The number of nitrogens with one attached hydrogen (secondary N) is 1. The van der Waals surface area contributed by atoms with Gasteiger partial charge in [-0.3, -0.25) is 14.5 Å². The molecule has 0 unspecified atom stereocenters. The van der Waals surface area contributed by atoms with Crippen LogP contribution in [0.2, 0.25) is 0 Å². The van der Waals surface area contributed by atoms with Gasteiger partial charge in [0.1, 0.15) is 0 Å². The van der Waals surface area contributed by atoms with Crippen molar-refractivity contribution in [1.82, 2.24) is 14.4 Å². The molecule has 1 saturated carbocycles. The van der Waals surface area contributed by atoms with E-state index in [0.717, 1.165) is 36.3 Å². The Morgan fingerprint density at radius 3 is 2.26 bits per heavy atom. The van der Waals surface area contributed by atoms with Gasteiger partial charge in [-0.15, -0.1) is 0 Å². The minimum absolute atomic E-state index is 0.00559. The number of hydrogen-bond acceptors (Lipinski definition) is 4. The van der Waals surface area contributed by atoms with Crippen LogP contribution >= 0.6 is 0 Å². The standard InChI is InChI=1S/C27H37N5O3/c1-19-8-10-22(11-9-19)29-27(35)31-14-12-30(13-15-31)18-25(33)24-16-23(26(28)34)20(2)32(24)17-21-6-4-3-5-7-21/h8-11,16,21H,3-7,12-15,17-18H2,1-2H3,(H2,28,34)(H,29,35). The number of carbonyl (C=O) groups is 3. The molecule has 1 aliphatic carbocycles. The van der Waals surface area contributed by atoms with Crippen molar-refractivity contribution in [1.29, 1.82) is 0 Å². The second kappa shape index (κ2) is 11.1. The van der Waals surface area contributed by atoms with E-state index in [0.29, 0.717) is 43.4 Å². The van der Waals surface area contributed by atoms with E-state index in [4.69, 9.17) is 5.73 Å². The smallest absolute Gasteiger partial charge is 0.321 e. The first kappa shape index (κ1) is 25.0. The quantitative estimate of drug-likeness (QED) is 0.590. The van der Waals surface area contributed by atoms with Crippen LogP contribution in [0.3, 0.4) is 0 Å². The van der Waals surface area contributed by atoms with Crippen molar-refractivity contribution >= 4 is 23.4 Å². The maximum atomic E-state index is 13.3. The highest BCUT2D eigenvalue weighted by atomic mass is 16.2. The highest BCUT2D eigenvalue weighted by Gasteiger charge is 2.27. The molecule has 0 radical (unpaired) electrons. The second-order valence-electron chi connectivity index (χ2n) is 9.99. The first-order valence-electron chi connectivity index (χ1n) is 12.7. The van der Waals surface area contributed by atoms with Gasteiger partial charge >= 0.3 is 6.03 Å². The zero-order valence-electron chi connectivity index (χ0n) is 20.9. The summed E-state index contributed by atoms with van der Waals surface area (Å²) in [4.78, 5) is 41.8. The monoisotopic (exact) mass is 479 g/mol. The summed E-state index contributed by atoms with van der Waals surface area (Å²) in [5.41, 5.74) is 9.31. The van der Waals surface area contributed by atoms with Gasteiger partial charge in [0.25, 0.3) is 5.91 Å². The second-order valence-corrected chi connectivity index (χ2v) is 9.99. The van der Waals surface area contributed by atoms with E-state index in [1.807, 2.05) is 42.7 Å². The predicted molar refractivity (Wildman–Crippen MR) is 137 cm³/mol. The summed E-state index contributed by atoms with van der Waals surface area (Å²) >= 11 is 0. The number of piperazine rings is 1. The molecule has 2 aromatic rings. The third-order valence-electron chi connectivity index (χ3n) is 7.41. The molecule has 1 saturated heterocycles. The Hall–Kier alpha value is -3.13. The van der Waals surface area contributed by atoms with Gasteiger partial charge in [0.15, 0.2) is 5.78 Å². The van der Waals surface area contributed by atoms with Crippen LogP contribution in [0.25, 0.3) is 0 Å². The highest BCUT2D eigenvalue weighted by molar-refractivity contribution is 6.01. The van der Waals surface area contributed by atoms with Crippen LogP contribution in [-0.2, 0) is 6.54 Å². The number of nitrogens with two attached hydrogens (primary N) is 1. The van der Waals surface area contributed by atoms with Crippen molar-refractivity contribution in [3.8, 4) is 0 Å². The van der Waals surface area contributed by atoms with E-state index in [-0.39, 0.29) is 18.4 Å². The average Bonchev–Trinajstić information content (AvgIpc) is 3.18. The number of ketones is 1. The van der Waals surface area contributed by atoms with E-state index in [2.05, 4.69) is 10.2 Å². The van der Waals surface area contributed by atoms with Crippen molar-refractivity contribution in [3.63, 3.8) is 0 Å². The lowest BCUT2D eigenvalue weighted by molar-refractivity contribution is 0.0872. The van der Waals surface area contributed by atoms with E-state index < -0.39 is 5.91 Å². The normalized spacial score (nSPS) is 17.4. The maximum Gasteiger partial charge on any atom is 0.321 e. The third-order valence-corrected chi connectivity index (χ3v) is 7.41. The Kier molecular flexibility index (Phi) is 7.90. The minimum Gasteiger partial charge on any atom is -0.366 e. The van der Waals surface area contributed by atoms with Gasteiger partial charge in [0.05, 0.1) is 17.8 Å². The zero-order chi connectivity index (χ0) is 24.9. The van der Waals surface area contributed by atoms with Crippen LogP contribution in [0.5, 0.6) is 0 Å². The van der Waals surface area contributed by atoms with Gasteiger partial charge in [-0.05, 0) is 50.8 Å². The Morgan fingerprint density at radius 2 is 1.63 bits per heavy atom. The van der Waals surface area contributed by atoms with Gasteiger partial charge in [-0.25, -0.2) is 4.79 Å². The number of anilines is 1. The lowest BCUT2D eigenvalue weighted by Gasteiger charge is -2.34. The highest BCUT2D eigenvalue weighted by Crippen LogP contribution is 2.27. The van der Waals surface area contributed by atoms with Gasteiger partial charge in [-0.1, -0.05) is 37.0 Å². The van der Waals surface area contributed by atoms with Crippen LogP contribution in [0.15, 0.2) is 30.3 Å². The molecule has 8 heteroatoms. The van der Waals surface area contributed by atoms with E-state index in [1.165, 1.54) is 19.3 Å². The molecule has 35 heavy (non-hydrogen) atoms. The first-order valence-corrected chi connectivity index (χ1v) is 12.7. The molecule has 1 aromatic heterocycles. The number of hydrogen-bond donors (Lipinski definition) is 2. The van der Waals surface area contributed by atoms with Crippen molar-refractivity contribution in [2.45, 2.75) is 52.5 Å². The summed E-state index contributed by atoms with van der Waals surface area (Å²) in [5, 5.41) is 2.94. The average molecular weight is 480 g/mol. The number of aromatic nitrogens is 1. The molecule has 4 rings (SSSR count). The van der Waals surface area contributed by atoms with E-state index in [1.54, 1.807) is 11.0 Å². The number of urea groups is 1. The fourth-order valence-electron chi connectivity index (χ4n) is 5.22. The molecule has 188 valence electrons. The first-order chi connectivity index (χ1) is 16.8. The lowest BCUT2D eigenvalue weighted by atomic mass is 9.89. The number of carbonyl (C=O) groups excluding carboxylic acids is 3. The summed E-state index contributed by atoms with van der Waals surface area (Å²) in [7, 11) is 0. The summed E-state index contributed by atoms with van der Waals surface area (Å²) in [5.74, 6) is 0.0267. The van der Waals surface area contributed by atoms with Crippen LogP contribution < -0.4 is 11.1 Å². The molecular formula is C27H37N5O3. The summed E-state index contributed by atoms with van der Waals surface area (Å²) in [6, 6.07) is 9.28. The number of Topliss-reactive ketones (excluding diaryl/α,β-unsaturated/α-hetero) is 1. The Balaban J connectivity index is 1.36. The van der Waals surface area contributed by atoms with Crippen molar-refractivity contribution in [2.75, 3.05) is 38.0 Å². The molecule has 3 amide bonds. The minimum atomic E-state index is -0.493. The maximum absolute atomic E-state index is 13.3. The number of primary amides is 1. The fourth-order valence-corrected chi connectivity index (χ4v) is 5.22. The van der Waals surface area contributed by atoms with E-state index in [9.17, 15) is 14.4 Å². The molecular weight excluding hydrogens is 442 g/mol. The third kappa shape index (κ3) is 6.11. The molecule has 1 aromatic carbocycles. The van der Waals surface area contributed by atoms with Crippen molar-refractivity contribution < 1.29 is 14.4 Å². The molecule has 2 heterocycles. The SMILES string of the molecule is Cc1ccc(NC(=O)N2CCN(CC(=O)c3cc(C(N)=O)c(C)n3CC3CCCCC3)CC2)cc1. The number of rotatable bonds is 7. The molecule has 1 aliphatic heterocycles. The molecule has 0 bridgehead atoms.